The van der Waals surface area contributed by atoms with Crippen LogP contribution < -0.4 is 0 Å². The predicted molar refractivity (Wildman–Crippen MR) is 122 cm³/mol. The molecule has 0 radical (unpaired) electrons. The summed E-state index contributed by atoms with van der Waals surface area (Å²) in [4.78, 5) is 0. The molecule has 0 aromatic heterocycles. The number of ether oxygens (including phenoxy) is 7. The third-order valence-electron chi connectivity index (χ3n) is 11.9. The summed E-state index contributed by atoms with van der Waals surface area (Å²) in [5.74, 6) is 4.49. The second kappa shape index (κ2) is 7.43. The largest absolute Gasteiger partial charge is 0.359 e. The Morgan fingerprint density at radius 3 is 1.63 bits per heavy atom. The summed E-state index contributed by atoms with van der Waals surface area (Å²) in [5, 5.41) is 0. The summed E-state index contributed by atoms with van der Waals surface area (Å²) < 4.78 is 45.9. The number of hydrogen-bond acceptors (Lipinski definition) is 7. The fraction of sp³-hybridized carbons (Fsp3) is 1.00. The molecule has 5 atom stereocenters. The van der Waals surface area contributed by atoms with Crippen LogP contribution in [0.1, 0.15) is 64.2 Å². The molecule has 35 heavy (non-hydrogen) atoms. The average Bonchev–Trinajstić information content (AvgIpc) is 3.41. The van der Waals surface area contributed by atoms with Crippen molar-refractivity contribution < 1.29 is 33.2 Å². The third-order valence-corrected chi connectivity index (χ3v) is 11.9. The first-order valence-corrected chi connectivity index (χ1v) is 14.6. The second-order valence-corrected chi connectivity index (χ2v) is 13.7. The van der Waals surface area contributed by atoms with Gasteiger partial charge in [-0.25, -0.2) is 0 Å². The van der Waals surface area contributed by atoms with Crippen LogP contribution in [-0.2, 0) is 33.2 Å². The molecule has 3 saturated heterocycles. The Morgan fingerprint density at radius 1 is 0.600 bits per heavy atom. The van der Waals surface area contributed by atoms with Crippen molar-refractivity contribution in [3.8, 4) is 0 Å². The molecule has 0 aromatic carbocycles. The van der Waals surface area contributed by atoms with Crippen molar-refractivity contribution in [3.05, 3.63) is 0 Å². The van der Waals surface area contributed by atoms with E-state index in [4.69, 9.17) is 33.2 Å². The zero-order chi connectivity index (χ0) is 22.9. The quantitative estimate of drug-likeness (QED) is 0.440. The first kappa shape index (κ1) is 21.6. The Balaban J connectivity index is 1.04. The van der Waals surface area contributed by atoms with Gasteiger partial charge in [0.25, 0.3) is 0 Å². The van der Waals surface area contributed by atoms with Crippen molar-refractivity contribution in [2.45, 2.75) is 106 Å². The molecule has 8 aliphatic carbocycles. The molecule has 7 nitrogen and oxygen atoms in total. The highest BCUT2D eigenvalue weighted by Gasteiger charge is 2.72. The fourth-order valence-electron chi connectivity index (χ4n) is 11.1. The molecule has 8 bridgehead atoms. The number of rotatable bonds is 4. The topological polar surface area (TPSA) is 64.6 Å². The molecule has 194 valence electrons. The molecule has 0 aromatic rings. The van der Waals surface area contributed by atoms with Crippen LogP contribution in [0.5, 0.6) is 0 Å². The third kappa shape index (κ3) is 2.87. The Morgan fingerprint density at radius 2 is 1.09 bits per heavy atom. The van der Waals surface area contributed by atoms with E-state index in [1.165, 1.54) is 64.2 Å². The van der Waals surface area contributed by atoms with E-state index in [0.29, 0.717) is 30.3 Å². The number of methoxy groups -OCH3 is 1. The minimum absolute atomic E-state index is 0.154. The Kier molecular flexibility index (Phi) is 4.59. The molecule has 0 amide bonds. The van der Waals surface area contributed by atoms with E-state index in [-0.39, 0.29) is 31.2 Å². The molecule has 0 unspecified atom stereocenters. The van der Waals surface area contributed by atoms with Crippen molar-refractivity contribution in [1.29, 1.82) is 0 Å². The SMILES string of the molecule is COCOC[C@H]1O[C@@H]2OC3(O[C@@H]2[C@H]2OC4(O[C@H]21)C1CC2CC(C1)CC4C2)C1CC2CC(C1)CC3C2. The normalized spacial score (nSPS) is 62.8. The van der Waals surface area contributed by atoms with Crippen molar-refractivity contribution in [2.24, 2.45) is 47.3 Å². The van der Waals surface area contributed by atoms with Crippen molar-refractivity contribution in [2.75, 3.05) is 20.5 Å². The summed E-state index contributed by atoms with van der Waals surface area (Å²) in [6.45, 7) is 0.672. The van der Waals surface area contributed by atoms with Crippen LogP contribution in [-0.4, -0.2) is 62.8 Å². The first-order valence-electron chi connectivity index (χ1n) is 14.6. The van der Waals surface area contributed by atoms with Crippen LogP contribution in [0.3, 0.4) is 0 Å². The van der Waals surface area contributed by atoms with Gasteiger partial charge in [-0.3, -0.25) is 0 Å². The molecule has 11 rings (SSSR count). The zero-order valence-electron chi connectivity index (χ0n) is 20.8. The summed E-state index contributed by atoms with van der Waals surface area (Å²) in [6.07, 6.45) is 11.6. The van der Waals surface area contributed by atoms with Gasteiger partial charge >= 0.3 is 0 Å². The van der Waals surface area contributed by atoms with Gasteiger partial charge in [0, 0.05) is 30.8 Å². The molecular formula is C28H40O7. The minimum atomic E-state index is -0.487. The Bertz CT molecular complexity index is 819. The highest BCUT2D eigenvalue weighted by Crippen LogP contribution is 2.66. The lowest BCUT2D eigenvalue weighted by Gasteiger charge is -2.58. The molecule has 11 fully saturated rings. The van der Waals surface area contributed by atoms with E-state index in [9.17, 15) is 0 Å². The first-order chi connectivity index (χ1) is 17.1. The maximum atomic E-state index is 7.17. The van der Waals surface area contributed by atoms with Crippen LogP contribution in [0.4, 0.5) is 0 Å². The van der Waals surface area contributed by atoms with E-state index in [2.05, 4.69) is 0 Å². The molecule has 3 aliphatic heterocycles. The van der Waals surface area contributed by atoms with Gasteiger partial charge in [0.15, 0.2) is 17.9 Å². The average molecular weight is 489 g/mol. The summed E-state index contributed by atoms with van der Waals surface area (Å²) in [6, 6.07) is 0. The van der Waals surface area contributed by atoms with Crippen LogP contribution in [0.15, 0.2) is 0 Å². The van der Waals surface area contributed by atoms with Gasteiger partial charge in [-0.2, -0.15) is 0 Å². The second-order valence-electron chi connectivity index (χ2n) is 13.7. The van der Waals surface area contributed by atoms with Crippen LogP contribution >= 0.6 is 0 Å². The van der Waals surface area contributed by atoms with E-state index in [0.717, 1.165) is 23.7 Å². The van der Waals surface area contributed by atoms with Gasteiger partial charge in [0.05, 0.1) is 6.61 Å². The van der Waals surface area contributed by atoms with Crippen molar-refractivity contribution in [3.63, 3.8) is 0 Å². The lowest BCUT2D eigenvalue weighted by atomic mass is 9.53. The lowest BCUT2D eigenvalue weighted by Crippen LogP contribution is -2.59. The smallest absolute Gasteiger partial charge is 0.190 e. The van der Waals surface area contributed by atoms with Gasteiger partial charge in [-0.15, -0.1) is 0 Å². The standard InChI is InChI=1S/C28H40O7/c1-29-13-30-12-22-23-24(33-27(32-23)18-4-14-2-15(6-18)7-19(27)5-14)25-26(31-22)35-28(34-25)20-8-16-3-17(10-20)11-21(28)9-16/h14-26H,2-13H2,1H3/t14?,15?,16?,17?,18?,19?,20?,21?,22-,23+,24+,25-,26-,27?,28?/m1/s1. The molecule has 8 saturated carbocycles. The van der Waals surface area contributed by atoms with Gasteiger partial charge < -0.3 is 33.2 Å². The Labute approximate surface area is 207 Å². The van der Waals surface area contributed by atoms with Crippen molar-refractivity contribution >= 4 is 0 Å². The van der Waals surface area contributed by atoms with Gasteiger partial charge in [-0.1, -0.05) is 0 Å². The van der Waals surface area contributed by atoms with E-state index in [1.807, 2.05) is 0 Å². The van der Waals surface area contributed by atoms with Crippen LogP contribution in [0.2, 0.25) is 0 Å². The molecule has 0 N–H and O–H groups in total. The van der Waals surface area contributed by atoms with Crippen LogP contribution in [0.25, 0.3) is 0 Å². The maximum Gasteiger partial charge on any atom is 0.190 e. The monoisotopic (exact) mass is 488 g/mol. The fourth-order valence-corrected chi connectivity index (χ4v) is 11.1. The zero-order valence-corrected chi connectivity index (χ0v) is 20.8. The Hall–Kier alpha value is -0.280. The predicted octanol–water partition coefficient (Wildman–Crippen LogP) is 3.84. The van der Waals surface area contributed by atoms with Crippen molar-refractivity contribution in [1.82, 2.24) is 0 Å². The summed E-state index contributed by atoms with van der Waals surface area (Å²) >= 11 is 0. The molecule has 3 heterocycles. The number of fused-ring (bicyclic) bond motifs is 3. The summed E-state index contributed by atoms with van der Waals surface area (Å²) in [5.41, 5.74) is 0. The van der Waals surface area contributed by atoms with E-state index < -0.39 is 17.9 Å². The number of hydrogen-bond donors (Lipinski definition) is 0. The van der Waals surface area contributed by atoms with Gasteiger partial charge in [0.1, 0.15) is 31.2 Å². The van der Waals surface area contributed by atoms with Gasteiger partial charge in [-0.05, 0) is 87.9 Å². The maximum absolute atomic E-state index is 7.17. The highest BCUT2D eigenvalue weighted by atomic mass is 16.9. The lowest BCUT2D eigenvalue weighted by molar-refractivity contribution is -0.326. The molecular weight excluding hydrogens is 448 g/mol. The molecule has 2 spiro atoms. The van der Waals surface area contributed by atoms with Gasteiger partial charge in [0.2, 0.25) is 0 Å². The summed E-state index contributed by atoms with van der Waals surface area (Å²) in [7, 11) is 1.66. The van der Waals surface area contributed by atoms with E-state index >= 15 is 0 Å². The minimum Gasteiger partial charge on any atom is -0.359 e. The van der Waals surface area contributed by atoms with Crippen LogP contribution in [0, 0.1) is 47.3 Å². The molecule has 11 aliphatic rings. The molecule has 7 heteroatoms. The highest BCUT2D eigenvalue weighted by molar-refractivity contribution is 5.13. The van der Waals surface area contributed by atoms with E-state index in [1.54, 1.807) is 7.11 Å².